The van der Waals surface area contributed by atoms with E-state index in [4.69, 9.17) is 9.88 Å². The van der Waals surface area contributed by atoms with Crippen molar-refractivity contribution in [3.05, 3.63) is 78.1 Å². The Morgan fingerprint density at radius 1 is 0.905 bits per heavy atom. The first-order chi connectivity index (χ1) is 9.98. The van der Waals surface area contributed by atoms with Gasteiger partial charge in [0.15, 0.2) is 0 Å². The lowest BCUT2D eigenvalue weighted by atomic mass is 10.2. The normalized spacial score (nSPS) is 12.0. The molecule has 5 nitrogen and oxygen atoms in total. The number of rotatable bonds is 4. The second-order valence-corrected chi connectivity index (χ2v) is 5.69. The van der Waals surface area contributed by atoms with Crippen LogP contribution in [0.4, 0.5) is 0 Å². The van der Waals surface area contributed by atoms with Gasteiger partial charge in [0, 0.05) is 0 Å². The number of sulfonamides is 1. The van der Waals surface area contributed by atoms with E-state index in [0.717, 1.165) is 6.26 Å². The topological polar surface area (TPSA) is 86.5 Å². The fraction of sp³-hybridized carbons (Fsp3) is 0. The highest BCUT2D eigenvalue weighted by molar-refractivity contribution is 7.98. The molecule has 0 saturated heterocycles. The standard InChI is InChI=1S/C15H13NO4S/c16-21(18,19)14(12-7-3-1-4-8-12)11-20-15(17)13-9-5-2-6-10-13/h1-11H,(H2,16,18,19). The minimum Gasteiger partial charge on any atom is -0.429 e. The molecule has 2 N–H and O–H groups in total. The molecule has 0 aliphatic carbocycles. The third-order valence-corrected chi connectivity index (χ3v) is 3.59. The summed E-state index contributed by atoms with van der Waals surface area (Å²) in [7, 11) is -4.01. The average molecular weight is 303 g/mol. The molecule has 0 heterocycles. The van der Waals surface area contributed by atoms with Crippen LogP contribution in [-0.4, -0.2) is 14.4 Å². The van der Waals surface area contributed by atoms with E-state index in [0.29, 0.717) is 11.1 Å². The maximum absolute atomic E-state index is 11.8. The molecular weight excluding hydrogens is 290 g/mol. The molecule has 0 saturated carbocycles. The number of primary sulfonamides is 1. The lowest BCUT2D eigenvalue weighted by molar-refractivity contribution is 0.0665. The van der Waals surface area contributed by atoms with E-state index in [1.165, 1.54) is 0 Å². The zero-order valence-electron chi connectivity index (χ0n) is 11.0. The third kappa shape index (κ3) is 4.01. The van der Waals surface area contributed by atoms with Gasteiger partial charge in [-0.15, -0.1) is 0 Å². The Bertz CT molecular complexity index is 753. The molecule has 0 spiro atoms. The number of carbonyl (C=O) groups is 1. The summed E-state index contributed by atoms with van der Waals surface area (Å²) in [6.07, 6.45) is 0.861. The fourth-order valence-corrected chi connectivity index (χ4v) is 2.30. The van der Waals surface area contributed by atoms with Gasteiger partial charge in [0.05, 0.1) is 5.56 Å². The number of carbonyl (C=O) groups excluding carboxylic acids is 1. The molecular formula is C15H13NO4S. The molecule has 0 aliphatic rings. The summed E-state index contributed by atoms with van der Waals surface area (Å²) in [5.74, 6) is -0.660. The van der Waals surface area contributed by atoms with Gasteiger partial charge in [-0.1, -0.05) is 48.5 Å². The van der Waals surface area contributed by atoms with Crippen LogP contribution in [0, 0.1) is 0 Å². The minimum atomic E-state index is -4.01. The maximum Gasteiger partial charge on any atom is 0.342 e. The van der Waals surface area contributed by atoms with Crippen LogP contribution in [0.1, 0.15) is 15.9 Å². The lowest BCUT2D eigenvalue weighted by Gasteiger charge is -2.05. The fourth-order valence-electron chi connectivity index (χ4n) is 1.65. The molecule has 0 amide bonds. The van der Waals surface area contributed by atoms with E-state index in [-0.39, 0.29) is 4.91 Å². The van der Waals surface area contributed by atoms with Gasteiger partial charge in [0.2, 0.25) is 10.0 Å². The number of hydrogen-bond donors (Lipinski definition) is 1. The zero-order valence-corrected chi connectivity index (χ0v) is 11.8. The summed E-state index contributed by atoms with van der Waals surface area (Å²) >= 11 is 0. The van der Waals surface area contributed by atoms with Crippen LogP contribution in [-0.2, 0) is 14.8 Å². The van der Waals surface area contributed by atoms with Crippen LogP contribution in [0.25, 0.3) is 4.91 Å². The van der Waals surface area contributed by atoms with Gasteiger partial charge in [0.1, 0.15) is 11.2 Å². The van der Waals surface area contributed by atoms with Crippen molar-refractivity contribution < 1.29 is 17.9 Å². The van der Waals surface area contributed by atoms with Crippen molar-refractivity contribution in [2.24, 2.45) is 5.14 Å². The van der Waals surface area contributed by atoms with Crippen molar-refractivity contribution in [3.63, 3.8) is 0 Å². The van der Waals surface area contributed by atoms with Crippen LogP contribution in [0.5, 0.6) is 0 Å². The quantitative estimate of drug-likeness (QED) is 0.692. The van der Waals surface area contributed by atoms with Crippen LogP contribution < -0.4 is 5.14 Å². The molecule has 108 valence electrons. The van der Waals surface area contributed by atoms with Crippen LogP contribution >= 0.6 is 0 Å². The zero-order chi connectivity index (χ0) is 15.3. The number of benzene rings is 2. The SMILES string of the molecule is NS(=O)(=O)C(=COC(=O)c1ccccc1)c1ccccc1. The number of esters is 1. The van der Waals surface area contributed by atoms with Crippen molar-refractivity contribution in [2.45, 2.75) is 0 Å². The second kappa shape index (κ2) is 6.34. The van der Waals surface area contributed by atoms with Crippen molar-refractivity contribution >= 4 is 20.9 Å². The van der Waals surface area contributed by atoms with E-state index in [2.05, 4.69) is 0 Å². The van der Waals surface area contributed by atoms with Gasteiger partial charge in [-0.2, -0.15) is 0 Å². The average Bonchev–Trinajstić information content (AvgIpc) is 2.48. The van der Waals surface area contributed by atoms with E-state index < -0.39 is 16.0 Å². The van der Waals surface area contributed by atoms with Gasteiger partial charge in [0.25, 0.3) is 0 Å². The maximum atomic E-state index is 11.8. The minimum absolute atomic E-state index is 0.257. The van der Waals surface area contributed by atoms with Gasteiger partial charge in [-0.25, -0.2) is 18.4 Å². The summed E-state index contributed by atoms with van der Waals surface area (Å²) in [5.41, 5.74) is 0.663. The highest BCUT2D eigenvalue weighted by Crippen LogP contribution is 2.18. The first-order valence-corrected chi connectivity index (χ1v) is 7.57. The van der Waals surface area contributed by atoms with Gasteiger partial charge in [-0.3, -0.25) is 0 Å². The third-order valence-electron chi connectivity index (χ3n) is 2.65. The van der Waals surface area contributed by atoms with E-state index >= 15 is 0 Å². The summed E-state index contributed by atoms with van der Waals surface area (Å²) in [6.45, 7) is 0. The second-order valence-electron chi connectivity index (χ2n) is 4.16. The lowest BCUT2D eigenvalue weighted by Crippen LogP contribution is -2.14. The molecule has 0 unspecified atom stereocenters. The van der Waals surface area contributed by atoms with Crippen molar-refractivity contribution in [2.75, 3.05) is 0 Å². The smallest absolute Gasteiger partial charge is 0.342 e. The van der Waals surface area contributed by atoms with Crippen molar-refractivity contribution in [3.8, 4) is 0 Å². The molecule has 0 bridgehead atoms. The highest BCUT2D eigenvalue weighted by Gasteiger charge is 2.16. The molecule has 0 fully saturated rings. The summed E-state index contributed by atoms with van der Waals surface area (Å²) in [4.78, 5) is 11.5. The summed E-state index contributed by atoms with van der Waals surface area (Å²) in [5, 5.41) is 5.15. The molecule has 6 heteroatoms. The molecule has 0 aliphatic heterocycles. The van der Waals surface area contributed by atoms with E-state index in [1.807, 2.05) is 0 Å². The molecule has 2 rings (SSSR count). The number of ether oxygens (including phenoxy) is 1. The molecule has 21 heavy (non-hydrogen) atoms. The van der Waals surface area contributed by atoms with Crippen molar-refractivity contribution in [1.29, 1.82) is 0 Å². The Morgan fingerprint density at radius 3 is 1.86 bits per heavy atom. The van der Waals surface area contributed by atoms with E-state index in [9.17, 15) is 13.2 Å². The molecule has 0 atom stereocenters. The predicted octanol–water partition coefficient (Wildman–Crippen LogP) is 2.13. The predicted molar refractivity (Wildman–Crippen MR) is 79.4 cm³/mol. The van der Waals surface area contributed by atoms with Crippen LogP contribution in [0.2, 0.25) is 0 Å². The Kier molecular flexibility index (Phi) is 4.52. The first-order valence-electron chi connectivity index (χ1n) is 6.03. The van der Waals surface area contributed by atoms with Gasteiger partial charge in [-0.05, 0) is 17.7 Å². The largest absolute Gasteiger partial charge is 0.429 e. The summed E-state index contributed by atoms with van der Waals surface area (Å²) in [6, 6.07) is 16.4. The summed E-state index contributed by atoms with van der Waals surface area (Å²) < 4.78 is 28.1. The number of nitrogens with two attached hydrogens (primary N) is 1. The Balaban J connectivity index is 2.29. The van der Waals surface area contributed by atoms with Crippen LogP contribution in [0.3, 0.4) is 0 Å². The number of hydrogen-bond acceptors (Lipinski definition) is 4. The Labute approximate surface area is 122 Å². The van der Waals surface area contributed by atoms with E-state index in [1.54, 1.807) is 60.7 Å². The Hall–Kier alpha value is -2.44. The monoisotopic (exact) mass is 303 g/mol. The first kappa shape index (κ1) is 15.0. The highest BCUT2D eigenvalue weighted by atomic mass is 32.2. The molecule has 0 aromatic heterocycles. The van der Waals surface area contributed by atoms with Gasteiger partial charge >= 0.3 is 5.97 Å². The van der Waals surface area contributed by atoms with Crippen LogP contribution in [0.15, 0.2) is 66.9 Å². The molecule has 2 aromatic rings. The molecule has 2 aromatic carbocycles. The van der Waals surface area contributed by atoms with Gasteiger partial charge < -0.3 is 4.74 Å². The Morgan fingerprint density at radius 2 is 1.38 bits per heavy atom. The molecule has 0 radical (unpaired) electrons. The van der Waals surface area contributed by atoms with Crippen molar-refractivity contribution in [1.82, 2.24) is 0 Å².